The summed E-state index contributed by atoms with van der Waals surface area (Å²) >= 11 is 0. The molecule has 3 aromatic rings. The number of anilines is 1. The predicted octanol–water partition coefficient (Wildman–Crippen LogP) is 5.22. The van der Waals surface area contributed by atoms with Crippen LogP contribution in [-0.2, 0) is 0 Å². The molecule has 4 nitrogen and oxygen atoms in total. The summed E-state index contributed by atoms with van der Waals surface area (Å²) in [6.45, 7) is 6.15. The van der Waals surface area contributed by atoms with E-state index >= 15 is 0 Å². The highest BCUT2D eigenvalue weighted by molar-refractivity contribution is 5.84. The van der Waals surface area contributed by atoms with E-state index < -0.39 is 0 Å². The zero-order valence-corrected chi connectivity index (χ0v) is 15.3. The highest BCUT2D eigenvalue weighted by Gasteiger charge is 2.11. The van der Waals surface area contributed by atoms with Crippen molar-refractivity contribution in [2.75, 3.05) is 5.32 Å². The molecule has 1 atom stereocenters. The Bertz CT molecular complexity index is 902. The van der Waals surface area contributed by atoms with Gasteiger partial charge in [-0.05, 0) is 55.7 Å². The summed E-state index contributed by atoms with van der Waals surface area (Å²) in [6.07, 6.45) is 3.67. The third-order valence-corrected chi connectivity index (χ3v) is 4.42. The summed E-state index contributed by atoms with van der Waals surface area (Å²) in [5.74, 6) is 1.08. The summed E-state index contributed by atoms with van der Waals surface area (Å²) in [6, 6.07) is 17.6. The minimum atomic E-state index is 0.131. The molecule has 3 rings (SSSR count). The van der Waals surface area contributed by atoms with E-state index in [0.717, 1.165) is 28.2 Å². The van der Waals surface area contributed by atoms with Crippen molar-refractivity contribution < 1.29 is 5.11 Å². The number of aromatic hydroxyl groups is 1. The van der Waals surface area contributed by atoms with Crippen LogP contribution in [0.25, 0.3) is 11.6 Å². The smallest absolute Gasteiger partial charge is 0.137 e. The normalized spacial score (nSPS) is 12.7. The Labute approximate surface area is 154 Å². The first-order valence-electron chi connectivity index (χ1n) is 8.65. The predicted molar refractivity (Wildman–Crippen MR) is 107 cm³/mol. The molecule has 0 aliphatic carbocycles. The monoisotopic (exact) mass is 345 g/mol. The quantitative estimate of drug-likeness (QED) is 0.665. The van der Waals surface area contributed by atoms with E-state index in [9.17, 15) is 5.11 Å². The fourth-order valence-corrected chi connectivity index (χ4v) is 2.83. The molecule has 0 spiro atoms. The van der Waals surface area contributed by atoms with Gasteiger partial charge in [-0.3, -0.25) is 0 Å². The second-order valence-corrected chi connectivity index (χ2v) is 6.37. The number of nitrogens with zero attached hydrogens (tertiary/aromatic N) is 2. The topological polar surface area (TPSA) is 58.0 Å². The fraction of sp³-hybridized carbons (Fsp3) is 0.182. The van der Waals surface area contributed by atoms with Crippen LogP contribution in [0, 0.1) is 6.92 Å². The lowest BCUT2D eigenvalue weighted by atomic mass is 10.0. The number of rotatable bonds is 5. The second-order valence-electron chi connectivity index (χ2n) is 6.37. The van der Waals surface area contributed by atoms with Crippen LogP contribution < -0.4 is 5.32 Å². The van der Waals surface area contributed by atoms with Gasteiger partial charge in [0.25, 0.3) is 0 Å². The lowest BCUT2D eigenvalue weighted by molar-refractivity contribution is 0.475. The largest absolute Gasteiger partial charge is 0.508 e. The number of aromatic nitrogens is 2. The molecule has 0 saturated heterocycles. The molecule has 26 heavy (non-hydrogen) atoms. The number of aryl methyl sites for hydroxylation is 1. The van der Waals surface area contributed by atoms with E-state index in [1.165, 1.54) is 5.56 Å². The number of phenols is 1. The van der Waals surface area contributed by atoms with Gasteiger partial charge in [-0.25, -0.2) is 9.97 Å². The van der Waals surface area contributed by atoms with Crippen molar-refractivity contribution >= 4 is 17.5 Å². The van der Waals surface area contributed by atoms with Crippen LogP contribution in [0.3, 0.4) is 0 Å². The van der Waals surface area contributed by atoms with E-state index in [1.807, 2.05) is 44.2 Å². The third kappa shape index (κ3) is 4.09. The first-order valence-corrected chi connectivity index (χ1v) is 8.65. The van der Waals surface area contributed by atoms with Gasteiger partial charge < -0.3 is 10.4 Å². The second kappa shape index (κ2) is 7.83. The average Bonchev–Trinajstić information content (AvgIpc) is 2.65. The first kappa shape index (κ1) is 17.7. The van der Waals surface area contributed by atoms with Gasteiger partial charge in [-0.1, -0.05) is 42.5 Å². The summed E-state index contributed by atoms with van der Waals surface area (Å²) < 4.78 is 0. The van der Waals surface area contributed by atoms with Crippen molar-refractivity contribution in [1.82, 2.24) is 9.97 Å². The molecular formula is C22H23N3O. The van der Waals surface area contributed by atoms with Crippen molar-refractivity contribution in [2.24, 2.45) is 0 Å². The van der Waals surface area contributed by atoms with E-state index in [4.69, 9.17) is 0 Å². The molecule has 0 aliphatic rings. The zero-order chi connectivity index (χ0) is 18.5. The Balaban J connectivity index is 1.92. The Hall–Kier alpha value is -3.14. The van der Waals surface area contributed by atoms with Crippen molar-refractivity contribution in [2.45, 2.75) is 26.8 Å². The fourth-order valence-electron chi connectivity index (χ4n) is 2.83. The van der Waals surface area contributed by atoms with Gasteiger partial charge in [0.1, 0.15) is 17.9 Å². The van der Waals surface area contributed by atoms with Gasteiger partial charge >= 0.3 is 0 Å². The summed E-state index contributed by atoms with van der Waals surface area (Å²) in [7, 11) is 0. The van der Waals surface area contributed by atoms with Gasteiger partial charge in [-0.2, -0.15) is 0 Å². The lowest BCUT2D eigenvalue weighted by Crippen LogP contribution is -2.10. The number of hydrogen-bond donors (Lipinski definition) is 2. The highest BCUT2D eigenvalue weighted by atomic mass is 16.3. The van der Waals surface area contributed by atoms with Crippen molar-refractivity contribution in [3.8, 4) is 5.75 Å². The number of allylic oxidation sites excluding steroid dienone is 1. The highest BCUT2D eigenvalue weighted by Crippen LogP contribution is 2.26. The van der Waals surface area contributed by atoms with Gasteiger partial charge in [-0.15, -0.1) is 0 Å². The van der Waals surface area contributed by atoms with Crippen LogP contribution in [-0.4, -0.2) is 15.1 Å². The first-order chi connectivity index (χ1) is 12.5. The minimum Gasteiger partial charge on any atom is -0.508 e. The van der Waals surface area contributed by atoms with E-state index in [0.29, 0.717) is 0 Å². The molecule has 0 saturated carbocycles. The van der Waals surface area contributed by atoms with Crippen LogP contribution in [0.15, 0.2) is 60.9 Å². The number of nitrogens with one attached hydrogen (secondary N) is 1. The molecule has 4 heteroatoms. The molecule has 132 valence electrons. The standard InChI is InChI=1S/C22H23N3O/c1-15(18-9-11-20(26)12-10-18)13-21-17(3)23-14-24-22(21)25-16(2)19-7-5-4-6-8-19/h4-14,16,26H,1-3H3,(H,23,24,25)/b15-13+/t16-/m1/s1. The van der Waals surface area contributed by atoms with Crippen molar-refractivity contribution in [3.05, 3.63) is 83.3 Å². The van der Waals surface area contributed by atoms with Crippen LogP contribution in [0.2, 0.25) is 0 Å². The van der Waals surface area contributed by atoms with Crippen LogP contribution in [0.4, 0.5) is 5.82 Å². The molecule has 0 bridgehead atoms. The van der Waals surface area contributed by atoms with E-state index in [1.54, 1.807) is 18.5 Å². The number of benzene rings is 2. The Morgan fingerprint density at radius 3 is 2.42 bits per heavy atom. The molecule has 1 heterocycles. The third-order valence-electron chi connectivity index (χ3n) is 4.42. The SMILES string of the molecule is C/C(=C\c1c(C)ncnc1N[C@H](C)c1ccccc1)c1ccc(O)cc1. The van der Waals surface area contributed by atoms with Crippen LogP contribution in [0.1, 0.15) is 42.3 Å². The Morgan fingerprint density at radius 1 is 1.04 bits per heavy atom. The molecule has 0 amide bonds. The molecule has 2 aromatic carbocycles. The molecular weight excluding hydrogens is 322 g/mol. The van der Waals surface area contributed by atoms with Gasteiger partial charge in [0.2, 0.25) is 0 Å². The van der Waals surface area contributed by atoms with E-state index in [2.05, 4.69) is 40.4 Å². The maximum Gasteiger partial charge on any atom is 0.137 e. The molecule has 1 aromatic heterocycles. The Kier molecular flexibility index (Phi) is 5.32. The minimum absolute atomic E-state index is 0.131. The number of phenolic OH excluding ortho intramolecular Hbond substituents is 1. The average molecular weight is 345 g/mol. The van der Waals surface area contributed by atoms with Crippen LogP contribution in [0.5, 0.6) is 5.75 Å². The van der Waals surface area contributed by atoms with Gasteiger partial charge in [0.15, 0.2) is 0 Å². The lowest BCUT2D eigenvalue weighted by Gasteiger charge is -2.17. The van der Waals surface area contributed by atoms with Gasteiger partial charge in [0, 0.05) is 11.6 Å². The molecule has 0 fully saturated rings. The molecule has 0 unspecified atom stereocenters. The maximum atomic E-state index is 9.47. The Morgan fingerprint density at radius 2 is 1.73 bits per heavy atom. The maximum absolute atomic E-state index is 9.47. The summed E-state index contributed by atoms with van der Waals surface area (Å²) in [4.78, 5) is 8.80. The zero-order valence-electron chi connectivity index (χ0n) is 15.3. The van der Waals surface area contributed by atoms with Crippen molar-refractivity contribution in [3.63, 3.8) is 0 Å². The molecule has 2 N–H and O–H groups in total. The van der Waals surface area contributed by atoms with Crippen molar-refractivity contribution in [1.29, 1.82) is 0 Å². The molecule has 0 aliphatic heterocycles. The van der Waals surface area contributed by atoms with Gasteiger partial charge in [0.05, 0.1) is 5.69 Å². The summed E-state index contributed by atoms with van der Waals surface area (Å²) in [5.41, 5.74) is 5.22. The summed E-state index contributed by atoms with van der Waals surface area (Å²) in [5, 5.41) is 13.0. The molecule has 0 radical (unpaired) electrons. The van der Waals surface area contributed by atoms with E-state index in [-0.39, 0.29) is 11.8 Å². The van der Waals surface area contributed by atoms with Crippen LogP contribution >= 0.6 is 0 Å². The number of hydrogen-bond acceptors (Lipinski definition) is 4.